The van der Waals surface area contributed by atoms with Gasteiger partial charge >= 0.3 is 0 Å². The zero-order chi connectivity index (χ0) is 20.5. The average molecular weight is 433 g/mol. The average Bonchev–Trinajstić information content (AvgIpc) is 3.11. The van der Waals surface area contributed by atoms with E-state index in [0.29, 0.717) is 47.6 Å². The Kier molecular flexibility index (Phi) is 5.48. The van der Waals surface area contributed by atoms with E-state index >= 15 is 0 Å². The van der Waals surface area contributed by atoms with Crippen molar-refractivity contribution < 1.29 is 9.18 Å². The molecule has 0 saturated carbocycles. The smallest absolute Gasteiger partial charge is 0.272 e. The second kappa shape index (κ2) is 8.05. The van der Waals surface area contributed by atoms with Crippen molar-refractivity contribution in [3.05, 3.63) is 75.8 Å². The van der Waals surface area contributed by atoms with Crippen LogP contribution in [0.4, 0.5) is 10.1 Å². The van der Waals surface area contributed by atoms with Crippen LogP contribution in [0.3, 0.4) is 0 Å². The number of anilines is 1. The topological polar surface area (TPSA) is 41.4 Å². The van der Waals surface area contributed by atoms with Crippen LogP contribution in [0.15, 0.2) is 48.5 Å². The summed E-state index contributed by atoms with van der Waals surface area (Å²) in [6.07, 6.45) is 0. The molecule has 0 spiro atoms. The molecule has 1 aliphatic rings. The molecule has 29 heavy (non-hydrogen) atoms. The quantitative estimate of drug-likeness (QED) is 0.607. The van der Waals surface area contributed by atoms with Crippen molar-refractivity contribution in [2.75, 3.05) is 31.1 Å². The van der Waals surface area contributed by atoms with Gasteiger partial charge in [-0.15, -0.1) is 0 Å². The third kappa shape index (κ3) is 3.95. The summed E-state index contributed by atoms with van der Waals surface area (Å²) in [7, 11) is 0. The van der Waals surface area contributed by atoms with E-state index < -0.39 is 5.82 Å². The summed E-state index contributed by atoms with van der Waals surface area (Å²) in [5, 5.41) is 5.35. The Labute approximate surface area is 178 Å². The fraction of sp³-hybridized carbons (Fsp3) is 0.238. The van der Waals surface area contributed by atoms with E-state index in [1.54, 1.807) is 42.2 Å². The number of carbonyl (C=O) groups excluding carboxylic acids is 1. The molecule has 0 unspecified atom stereocenters. The highest BCUT2D eigenvalue weighted by Crippen LogP contribution is 2.28. The van der Waals surface area contributed by atoms with Gasteiger partial charge in [-0.25, -0.2) is 9.07 Å². The zero-order valence-corrected chi connectivity index (χ0v) is 17.3. The number of hydrogen-bond acceptors (Lipinski definition) is 3. The number of aromatic nitrogens is 2. The summed E-state index contributed by atoms with van der Waals surface area (Å²) in [4.78, 5) is 17.1. The lowest BCUT2D eigenvalue weighted by molar-refractivity contribution is 0.0737. The van der Waals surface area contributed by atoms with Crippen LogP contribution in [0.25, 0.3) is 5.69 Å². The molecule has 0 bridgehead atoms. The van der Waals surface area contributed by atoms with Gasteiger partial charge in [-0.2, -0.15) is 5.10 Å². The van der Waals surface area contributed by atoms with E-state index in [1.165, 1.54) is 10.7 Å². The van der Waals surface area contributed by atoms with Crippen LogP contribution in [-0.4, -0.2) is 46.8 Å². The van der Waals surface area contributed by atoms with E-state index in [9.17, 15) is 9.18 Å². The molecular formula is C21H19Cl2FN4O. The molecule has 3 aromatic rings. The fourth-order valence-corrected chi connectivity index (χ4v) is 3.76. The Hall–Kier alpha value is -2.57. The summed E-state index contributed by atoms with van der Waals surface area (Å²) < 4.78 is 15.6. The number of halogens is 3. The Balaban J connectivity index is 1.52. The number of rotatable bonds is 3. The summed E-state index contributed by atoms with van der Waals surface area (Å²) in [5.41, 5.74) is 2.25. The molecule has 0 atom stereocenters. The van der Waals surface area contributed by atoms with Crippen LogP contribution in [0.2, 0.25) is 10.0 Å². The molecule has 1 fully saturated rings. The molecule has 150 valence electrons. The van der Waals surface area contributed by atoms with Crippen LogP contribution in [0, 0.1) is 12.7 Å². The highest BCUT2D eigenvalue weighted by molar-refractivity contribution is 6.42. The molecule has 0 radical (unpaired) electrons. The Morgan fingerprint density at radius 3 is 2.41 bits per heavy atom. The lowest BCUT2D eigenvalue weighted by Gasteiger charge is -2.36. The second-order valence-electron chi connectivity index (χ2n) is 6.91. The first-order chi connectivity index (χ1) is 13.9. The van der Waals surface area contributed by atoms with Crippen molar-refractivity contribution in [1.82, 2.24) is 14.7 Å². The Morgan fingerprint density at radius 2 is 1.72 bits per heavy atom. The predicted octanol–water partition coefficient (Wildman–Crippen LogP) is 4.59. The lowest BCUT2D eigenvalue weighted by atomic mass is 10.2. The maximum Gasteiger partial charge on any atom is 0.272 e. The van der Waals surface area contributed by atoms with E-state index in [1.807, 2.05) is 12.1 Å². The van der Waals surface area contributed by atoms with Gasteiger partial charge in [-0.1, -0.05) is 35.3 Å². The monoisotopic (exact) mass is 432 g/mol. The number of benzene rings is 2. The summed E-state index contributed by atoms with van der Waals surface area (Å²) >= 11 is 12.1. The molecular weight excluding hydrogens is 414 g/mol. The minimum atomic E-state index is -0.422. The van der Waals surface area contributed by atoms with Crippen molar-refractivity contribution in [1.29, 1.82) is 0 Å². The molecule has 0 aliphatic carbocycles. The van der Waals surface area contributed by atoms with Gasteiger partial charge in [0.05, 0.1) is 15.7 Å². The number of carbonyl (C=O) groups is 1. The van der Waals surface area contributed by atoms with Crippen LogP contribution < -0.4 is 4.90 Å². The number of para-hydroxylation sites is 1. The van der Waals surface area contributed by atoms with Crippen molar-refractivity contribution in [2.24, 2.45) is 0 Å². The molecule has 4 rings (SSSR count). The maximum absolute atomic E-state index is 14.3. The molecule has 8 heteroatoms. The number of aryl methyl sites for hydroxylation is 1. The first-order valence-electron chi connectivity index (χ1n) is 9.25. The number of amides is 1. The van der Waals surface area contributed by atoms with Crippen molar-refractivity contribution in [2.45, 2.75) is 6.92 Å². The number of piperazine rings is 1. The van der Waals surface area contributed by atoms with Crippen molar-refractivity contribution in [3.63, 3.8) is 0 Å². The first kappa shape index (κ1) is 19.7. The molecule has 1 amide bonds. The van der Waals surface area contributed by atoms with Gasteiger partial charge < -0.3 is 9.80 Å². The SMILES string of the molecule is Cc1cc(C(=O)N2CCN(c3ccc(Cl)c(Cl)c3)CC2)n(-c2ccccc2F)n1. The largest absolute Gasteiger partial charge is 0.368 e. The molecule has 1 aliphatic heterocycles. The standard InChI is InChI=1S/C21H19Cl2FN4O/c1-14-12-20(28(25-14)19-5-3-2-4-18(19)24)21(29)27-10-8-26(9-11-27)15-6-7-16(22)17(23)13-15/h2-7,12-13H,8-11H2,1H3. The van der Waals surface area contributed by atoms with Crippen molar-refractivity contribution in [3.8, 4) is 5.69 Å². The minimum absolute atomic E-state index is 0.164. The Morgan fingerprint density at radius 1 is 1.00 bits per heavy atom. The molecule has 2 heterocycles. The molecule has 5 nitrogen and oxygen atoms in total. The van der Waals surface area contributed by atoms with Gasteiger partial charge in [0.25, 0.3) is 5.91 Å². The summed E-state index contributed by atoms with van der Waals surface area (Å²) in [6.45, 7) is 4.20. The maximum atomic E-state index is 14.3. The fourth-order valence-electron chi connectivity index (χ4n) is 3.47. The van der Waals surface area contributed by atoms with Crippen molar-refractivity contribution >= 4 is 34.8 Å². The first-order valence-corrected chi connectivity index (χ1v) is 10.0. The van der Waals surface area contributed by atoms with Crippen LogP contribution >= 0.6 is 23.2 Å². The van der Waals surface area contributed by atoms with Crippen LogP contribution in [-0.2, 0) is 0 Å². The van der Waals surface area contributed by atoms with E-state index in [4.69, 9.17) is 23.2 Å². The third-order valence-corrected chi connectivity index (χ3v) is 5.71. The zero-order valence-electron chi connectivity index (χ0n) is 15.8. The van der Waals surface area contributed by atoms with Crippen LogP contribution in [0.1, 0.15) is 16.2 Å². The summed E-state index contributed by atoms with van der Waals surface area (Å²) in [6, 6.07) is 13.5. The minimum Gasteiger partial charge on any atom is -0.368 e. The van der Waals surface area contributed by atoms with Gasteiger partial charge in [0.15, 0.2) is 0 Å². The van der Waals surface area contributed by atoms with Gasteiger partial charge in [-0.3, -0.25) is 4.79 Å². The third-order valence-electron chi connectivity index (χ3n) is 4.97. The summed E-state index contributed by atoms with van der Waals surface area (Å²) in [5.74, 6) is -0.586. The van der Waals surface area contributed by atoms with Gasteiger partial charge in [0.1, 0.15) is 17.2 Å². The molecule has 0 N–H and O–H groups in total. The molecule has 1 saturated heterocycles. The molecule has 2 aromatic carbocycles. The number of hydrogen-bond donors (Lipinski definition) is 0. The normalized spacial score (nSPS) is 14.3. The van der Waals surface area contributed by atoms with Gasteiger partial charge in [0.2, 0.25) is 0 Å². The second-order valence-corrected chi connectivity index (χ2v) is 7.73. The number of nitrogens with zero attached hydrogens (tertiary/aromatic N) is 4. The van der Waals surface area contributed by atoms with E-state index in [0.717, 1.165) is 5.69 Å². The predicted molar refractivity (Wildman–Crippen MR) is 113 cm³/mol. The van der Waals surface area contributed by atoms with E-state index in [2.05, 4.69) is 10.00 Å². The lowest BCUT2D eigenvalue weighted by Crippen LogP contribution is -2.49. The van der Waals surface area contributed by atoms with E-state index in [-0.39, 0.29) is 11.6 Å². The Bertz CT molecular complexity index is 1060. The molecule has 1 aromatic heterocycles. The highest BCUT2D eigenvalue weighted by atomic mass is 35.5. The van der Waals surface area contributed by atoms with Crippen LogP contribution in [0.5, 0.6) is 0 Å². The van der Waals surface area contributed by atoms with Gasteiger partial charge in [0, 0.05) is 31.9 Å². The highest BCUT2D eigenvalue weighted by Gasteiger charge is 2.26. The van der Waals surface area contributed by atoms with Gasteiger partial charge in [-0.05, 0) is 43.3 Å².